The van der Waals surface area contributed by atoms with Gasteiger partial charge < -0.3 is 5.32 Å². The van der Waals surface area contributed by atoms with E-state index in [1.807, 2.05) is 58.0 Å². The fourth-order valence-corrected chi connectivity index (χ4v) is 5.32. The summed E-state index contributed by atoms with van der Waals surface area (Å²) in [6.07, 6.45) is 0. The van der Waals surface area contributed by atoms with Crippen LogP contribution in [0.5, 0.6) is 0 Å². The molecule has 5 aromatic rings. The Kier molecular flexibility index (Phi) is 7.46. The fourth-order valence-electron chi connectivity index (χ4n) is 5.12. The van der Waals surface area contributed by atoms with Crippen molar-refractivity contribution in [2.24, 2.45) is 0 Å². The minimum Gasteiger partial charge on any atom is -0.348 e. The standard InChI is InChI=1S/C33H30ClN3O3/c1-20-9-12-26(13-10-20)37-32(39)27-14-11-24(31(38)35-18-25-7-5-6-8-29(25)34)17-30(27)36(33(37)40)19-28-22(3)15-21(2)16-23(28)4/h5-17H,18-19H2,1-4H3,(H,35,38). The summed E-state index contributed by atoms with van der Waals surface area (Å²) in [4.78, 5) is 40.9. The highest BCUT2D eigenvalue weighted by atomic mass is 35.5. The Morgan fingerprint density at radius 2 is 1.50 bits per heavy atom. The summed E-state index contributed by atoms with van der Waals surface area (Å²) in [5.74, 6) is -0.328. The van der Waals surface area contributed by atoms with Crippen molar-refractivity contribution in [2.45, 2.75) is 40.8 Å². The van der Waals surface area contributed by atoms with Gasteiger partial charge in [-0.15, -0.1) is 0 Å². The average molecular weight is 552 g/mol. The van der Waals surface area contributed by atoms with Gasteiger partial charge >= 0.3 is 5.69 Å². The molecule has 0 unspecified atom stereocenters. The van der Waals surface area contributed by atoms with Gasteiger partial charge in [-0.2, -0.15) is 0 Å². The van der Waals surface area contributed by atoms with Crippen molar-refractivity contribution in [2.75, 3.05) is 0 Å². The Morgan fingerprint density at radius 1 is 0.825 bits per heavy atom. The summed E-state index contributed by atoms with van der Waals surface area (Å²) >= 11 is 6.25. The Bertz CT molecular complexity index is 1860. The SMILES string of the molecule is Cc1ccc(-n2c(=O)c3ccc(C(=O)NCc4ccccc4Cl)cc3n(Cc3c(C)cc(C)cc3C)c2=O)cc1. The van der Waals surface area contributed by atoms with Crippen LogP contribution in [-0.4, -0.2) is 15.0 Å². The molecule has 0 aliphatic carbocycles. The number of fused-ring (bicyclic) bond motifs is 1. The van der Waals surface area contributed by atoms with Crippen LogP contribution in [0.25, 0.3) is 16.6 Å². The van der Waals surface area contributed by atoms with Crippen molar-refractivity contribution in [3.8, 4) is 5.69 Å². The lowest BCUT2D eigenvalue weighted by Crippen LogP contribution is -2.39. The molecule has 4 aromatic carbocycles. The van der Waals surface area contributed by atoms with Crippen LogP contribution in [0.15, 0.2) is 88.5 Å². The molecule has 1 heterocycles. The van der Waals surface area contributed by atoms with Gasteiger partial charge in [0, 0.05) is 17.1 Å². The summed E-state index contributed by atoms with van der Waals surface area (Å²) in [7, 11) is 0. The maximum atomic E-state index is 14.0. The molecule has 0 radical (unpaired) electrons. The first-order valence-electron chi connectivity index (χ1n) is 13.1. The molecule has 0 aliphatic heterocycles. The van der Waals surface area contributed by atoms with Gasteiger partial charge in [0.1, 0.15) is 0 Å². The van der Waals surface area contributed by atoms with E-state index in [0.717, 1.165) is 33.4 Å². The zero-order chi connectivity index (χ0) is 28.6. The molecule has 202 valence electrons. The van der Waals surface area contributed by atoms with Crippen molar-refractivity contribution in [3.05, 3.63) is 144 Å². The molecule has 0 atom stereocenters. The van der Waals surface area contributed by atoms with Gasteiger partial charge in [-0.1, -0.05) is 65.2 Å². The normalized spacial score (nSPS) is 11.1. The second kappa shape index (κ2) is 11.0. The first-order valence-corrected chi connectivity index (χ1v) is 13.5. The summed E-state index contributed by atoms with van der Waals surface area (Å²) in [6, 6.07) is 23.6. The molecule has 0 aliphatic rings. The number of nitrogens with one attached hydrogen (secondary N) is 1. The van der Waals surface area contributed by atoms with Crippen molar-refractivity contribution in [1.29, 1.82) is 0 Å². The van der Waals surface area contributed by atoms with Crippen LogP contribution in [0.2, 0.25) is 5.02 Å². The van der Waals surface area contributed by atoms with E-state index in [-0.39, 0.29) is 19.0 Å². The minimum absolute atomic E-state index is 0.250. The van der Waals surface area contributed by atoms with Gasteiger partial charge in [0.15, 0.2) is 0 Å². The van der Waals surface area contributed by atoms with Crippen LogP contribution in [0, 0.1) is 27.7 Å². The Morgan fingerprint density at radius 3 is 2.17 bits per heavy atom. The average Bonchev–Trinajstić information content (AvgIpc) is 2.92. The largest absolute Gasteiger partial charge is 0.348 e. The fraction of sp³-hybridized carbons (Fsp3) is 0.182. The maximum Gasteiger partial charge on any atom is 0.336 e. The predicted octanol–water partition coefficient (Wildman–Crippen LogP) is 6.02. The van der Waals surface area contributed by atoms with E-state index in [4.69, 9.17) is 11.6 Å². The number of benzene rings is 4. The lowest BCUT2D eigenvalue weighted by atomic mass is 9.99. The maximum absolute atomic E-state index is 14.0. The molecule has 0 spiro atoms. The number of amides is 1. The van der Waals surface area contributed by atoms with Crippen molar-refractivity contribution >= 4 is 28.4 Å². The van der Waals surface area contributed by atoms with Crippen LogP contribution >= 0.6 is 11.6 Å². The van der Waals surface area contributed by atoms with Crippen molar-refractivity contribution in [3.63, 3.8) is 0 Å². The van der Waals surface area contributed by atoms with Crippen molar-refractivity contribution < 1.29 is 4.79 Å². The van der Waals surface area contributed by atoms with Crippen LogP contribution < -0.4 is 16.6 Å². The zero-order valence-corrected chi connectivity index (χ0v) is 23.7. The lowest BCUT2D eigenvalue weighted by molar-refractivity contribution is 0.0951. The molecule has 5 rings (SSSR count). The summed E-state index contributed by atoms with van der Waals surface area (Å²) in [6.45, 7) is 8.53. The van der Waals surface area contributed by atoms with Gasteiger partial charge in [-0.05, 0) is 86.3 Å². The highest BCUT2D eigenvalue weighted by Gasteiger charge is 2.18. The number of rotatable bonds is 6. The molecule has 1 aromatic heterocycles. The highest BCUT2D eigenvalue weighted by Crippen LogP contribution is 2.21. The monoisotopic (exact) mass is 551 g/mol. The summed E-state index contributed by atoms with van der Waals surface area (Å²) in [5.41, 5.74) is 6.41. The van der Waals surface area contributed by atoms with Gasteiger partial charge in [-0.3, -0.25) is 14.2 Å². The zero-order valence-electron chi connectivity index (χ0n) is 22.9. The molecule has 0 fully saturated rings. The van der Waals surface area contributed by atoms with Crippen LogP contribution in [0.3, 0.4) is 0 Å². The van der Waals surface area contributed by atoms with Crippen LogP contribution in [0.4, 0.5) is 0 Å². The highest BCUT2D eigenvalue weighted by molar-refractivity contribution is 6.31. The number of hydrogen-bond donors (Lipinski definition) is 1. The smallest absolute Gasteiger partial charge is 0.336 e. The second-order valence-electron chi connectivity index (χ2n) is 10.2. The number of aromatic nitrogens is 2. The quantitative estimate of drug-likeness (QED) is 0.280. The van der Waals surface area contributed by atoms with E-state index in [1.54, 1.807) is 41.0 Å². The van der Waals surface area contributed by atoms with Crippen LogP contribution in [-0.2, 0) is 13.1 Å². The predicted molar refractivity (Wildman–Crippen MR) is 161 cm³/mol. The molecule has 0 saturated heterocycles. The minimum atomic E-state index is -0.464. The van der Waals surface area contributed by atoms with Gasteiger partial charge in [0.2, 0.25) is 0 Å². The number of nitrogens with zero attached hydrogens (tertiary/aromatic N) is 2. The van der Waals surface area contributed by atoms with E-state index < -0.39 is 11.2 Å². The number of carbonyl (C=O) groups is 1. The third-order valence-electron chi connectivity index (χ3n) is 7.25. The molecular weight excluding hydrogens is 522 g/mol. The molecule has 0 saturated carbocycles. The van der Waals surface area contributed by atoms with Gasteiger partial charge in [0.05, 0.1) is 23.1 Å². The van der Waals surface area contributed by atoms with E-state index >= 15 is 0 Å². The number of hydrogen-bond acceptors (Lipinski definition) is 3. The number of carbonyl (C=O) groups excluding carboxylic acids is 1. The molecule has 1 N–H and O–H groups in total. The second-order valence-corrected chi connectivity index (χ2v) is 10.6. The van der Waals surface area contributed by atoms with Gasteiger partial charge in [0.25, 0.3) is 11.5 Å². The Balaban J connectivity index is 1.66. The summed E-state index contributed by atoms with van der Waals surface area (Å²) in [5, 5.41) is 3.81. The number of aryl methyl sites for hydroxylation is 4. The molecule has 6 nitrogen and oxygen atoms in total. The van der Waals surface area contributed by atoms with Gasteiger partial charge in [-0.25, -0.2) is 9.36 Å². The third-order valence-corrected chi connectivity index (χ3v) is 7.62. The molecular formula is C33H30ClN3O3. The van der Waals surface area contributed by atoms with E-state index in [2.05, 4.69) is 17.4 Å². The van der Waals surface area contributed by atoms with E-state index in [1.165, 1.54) is 4.57 Å². The van der Waals surface area contributed by atoms with Crippen LogP contribution in [0.1, 0.15) is 43.7 Å². The third kappa shape index (κ3) is 5.23. The first kappa shape index (κ1) is 27.2. The molecule has 0 bridgehead atoms. The Hall–Kier alpha value is -4.42. The number of halogens is 1. The Labute approximate surface area is 237 Å². The molecule has 7 heteroatoms. The van der Waals surface area contributed by atoms with E-state index in [9.17, 15) is 14.4 Å². The summed E-state index contributed by atoms with van der Waals surface area (Å²) < 4.78 is 2.80. The lowest BCUT2D eigenvalue weighted by Gasteiger charge is -2.18. The van der Waals surface area contributed by atoms with E-state index in [0.29, 0.717) is 27.2 Å². The topological polar surface area (TPSA) is 73.1 Å². The molecule has 1 amide bonds. The molecule has 40 heavy (non-hydrogen) atoms. The van der Waals surface area contributed by atoms with Crippen molar-refractivity contribution in [1.82, 2.24) is 14.5 Å². The first-order chi connectivity index (χ1) is 19.1.